The van der Waals surface area contributed by atoms with Crippen LogP contribution in [0, 0.1) is 6.92 Å². The molecular weight excluding hydrogens is 230 g/mol. The van der Waals surface area contributed by atoms with Crippen LogP contribution in [0.25, 0.3) is 0 Å². The Morgan fingerprint density at radius 1 is 1.47 bits per heavy atom. The molecule has 0 amide bonds. The number of aromatic nitrogens is 1. The van der Waals surface area contributed by atoms with Crippen molar-refractivity contribution in [2.75, 3.05) is 5.32 Å². The van der Waals surface area contributed by atoms with Crippen LogP contribution in [0.3, 0.4) is 0 Å². The van der Waals surface area contributed by atoms with Crippen LogP contribution in [-0.2, 0) is 0 Å². The van der Waals surface area contributed by atoms with Crippen LogP contribution in [0.2, 0.25) is 0 Å². The molecule has 0 aliphatic carbocycles. The molecule has 0 spiro atoms. The summed E-state index contributed by atoms with van der Waals surface area (Å²) in [5.74, 6) is 0.839. The highest BCUT2D eigenvalue weighted by Crippen LogP contribution is 2.19. The predicted molar refractivity (Wildman–Crippen MR) is 77.5 cm³/mol. The SMILES string of the molecule is CCCC(C)(C)Nc1cc(C(N)=S)cc(C)n1. The summed E-state index contributed by atoms with van der Waals surface area (Å²) >= 11 is 5.00. The number of nitrogens with two attached hydrogens (primary N) is 1. The Hall–Kier alpha value is -1.16. The number of hydrogen-bond donors (Lipinski definition) is 2. The molecule has 1 aromatic rings. The third-order valence-electron chi connectivity index (χ3n) is 2.58. The quantitative estimate of drug-likeness (QED) is 0.790. The number of pyridine rings is 1. The Morgan fingerprint density at radius 2 is 2.12 bits per heavy atom. The highest BCUT2D eigenvalue weighted by Gasteiger charge is 2.17. The zero-order valence-corrected chi connectivity index (χ0v) is 11.8. The molecule has 0 saturated heterocycles. The lowest BCUT2D eigenvalue weighted by Gasteiger charge is -2.26. The summed E-state index contributed by atoms with van der Waals surface area (Å²) < 4.78 is 0. The third-order valence-corrected chi connectivity index (χ3v) is 2.82. The molecule has 17 heavy (non-hydrogen) atoms. The lowest BCUT2D eigenvalue weighted by Crippen LogP contribution is -2.31. The highest BCUT2D eigenvalue weighted by molar-refractivity contribution is 7.80. The van der Waals surface area contributed by atoms with E-state index in [1.807, 2.05) is 19.1 Å². The topological polar surface area (TPSA) is 50.9 Å². The van der Waals surface area contributed by atoms with E-state index in [0.717, 1.165) is 29.9 Å². The Labute approximate surface area is 109 Å². The summed E-state index contributed by atoms with van der Waals surface area (Å²) in [7, 11) is 0. The highest BCUT2D eigenvalue weighted by atomic mass is 32.1. The fourth-order valence-electron chi connectivity index (χ4n) is 1.91. The van der Waals surface area contributed by atoms with Gasteiger partial charge in [-0.25, -0.2) is 4.98 Å². The van der Waals surface area contributed by atoms with E-state index in [2.05, 4.69) is 31.1 Å². The molecule has 0 aliphatic heterocycles. The Balaban J connectivity index is 2.95. The molecule has 0 radical (unpaired) electrons. The number of aryl methyl sites for hydroxylation is 1. The lowest BCUT2D eigenvalue weighted by molar-refractivity contribution is 0.509. The van der Waals surface area contributed by atoms with Crippen LogP contribution in [0.15, 0.2) is 12.1 Å². The fourth-order valence-corrected chi connectivity index (χ4v) is 2.03. The van der Waals surface area contributed by atoms with Crippen molar-refractivity contribution in [2.24, 2.45) is 5.73 Å². The van der Waals surface area contributed by atoms with Crippen molar-refractivity contribution >= 4 is 23.0 Å². The summed E-state index contributed by atoms with van der Waals surface area (Å²) in [4.78, 5) is 4.87. The second-order valence-electron chi connectivity index (χ2n) is 5.01. The van der Waals surface area contributed by atoms with E-state index in [0.29, 0.717) is 4.99 Å². The number of hydrogen-bond acceptors (Lipinski definition) is 3. The Bertz CT molecular complexity index is 413. The van der Waals surface area contributed by atoms with Crippen LogP contribution < -0.4 is 11.1 Å². The molecule has 3 nitrogen and oxygen atoms in total. The fraction of sp³-hybridized carbons (Fsp3) is 0.538. The van der Waals surface area contributed by atoms with E-state index in [1.165, 1.54) is 0 Å². The van der Waals surface area contributed by atoms with Gasteiger partial charge in [0.2, 0.25) is 0 Å². The maximum atomic E-state index is 5.65. The van der Waals surface area contributed by atoms with Crippen molar-refractivity contribution in [3.8, 4) is 0 Å². The molecular formula is C13H21N3S. The van der Waals surface area contributed by atoms with Gasteiger partial charge in [-0.2, -0.15) is 0 Å². The minimum atomic E-state index is 0.0308. The molecule has 0 aliphatic rings. The summed E-state index contributed by atoms with van der Waals surface area (Å²) in [5.41, 5.74) is 7.47. The van der Waals surface area contributed by atoms with Crippen LogP contribution in [0.1, 0.15) is 44.9 Å². The van der Waals surface area contributed by atoms with Gasteiger partial charge in [0.1, 0.15) is 10.8 Å². The third kappa shape index (κ3) is 4.30. The van der Waals surface area contributed by atoms with E-state index < -0.39 is 0 Å². The zero-order chi connectivity index (χ0) is 13.1. The minimum Gasteiger partial charge on any atom is -0.389 e. The molecule has 1 rings (SSSR count). The number of rotatable bonds is 5. The lowest BCUT2D eigenvalue weighted by atomic mass is 9.99. The van der Waals surface area contributed by atoms with Gasteiger partial charge >= 0.3 is 0 Å². The first-order valence-corrected chi connectivity index (χ1v) is 6.31. The van der Waals surface area contributed by atoms with Crippen molar-refractivity contribution in [3.05, 3.63) is 23.4 Å². The largest absolute Gasteiger partial charge is 0.389 e. The summed E-state index contributed by atoms with van der Waals surface area (Å²) in [6, 6.07) is 3.81. The number of anilines is 1. The Morgan fingerprint density at radius 3 is 2.65 bits per heavy atom. The standard InChI is InChI=1S/C13H21N3S/c1-5-6-13(3,4)16-11-8-10(12(14)17)7-9(2)15-11/h7-8H,5-6H2,1-4H3,(H2,14,17)(H,15,16). The first kappa shape index (κ1) is 13.9. The normalized spacial score (nSPS) is 11.3. The van der Waals surface area contributed by atoms with Crippen molar-refractivity contribution in [1.82, 2.24) is 4.98 Å². The van der Waals surface area contributed by atoms with E-state index in [1.54, 1.807) is 0 Å². The first-order chi connectivity index (χ1) is 7.84. The van der Waals surface area contributed by atoms with Crippen molar-refractivity contribution in [1.29, 1.82) is 0 Å². The monoisotopic (exact) mass is 251 g/mol. The van der Waals surface area contributed by atoms with Gasteiger partial charge in [0.05, 0.1) is 0 Å². The van der Waals surface area contributed by atoms with Crippen molar-refractivity contribution < 1.29 is 0 Å². The second-order valence-corrected chi connectivity index (χ2v) is 5.45. The molecule has 94 valence electrons. The van der Waals surface area contributed by atoms with Crippen molar-refractivity contribution in [3.63, 3.8) is 0 Å². The smallest absolute Gasteiger partial charge is 0.127 e. The second kappa shape index (κ2) is 5.45. The van der Waals surface area contributed by atoms with Gasteiger partial charge in [0.15, 0.2) is 0 Å². The van der Waals surface area contributed by atoms with E-state index >= 15 is 0 Å². The van der Waals surface area contributed by atoms with Crippen LogP contribution in [-0.4, -0.2) is 15.5 Å². The zero-order valence-electron chi connectivity index (χ0n) is 11.0. The van der Waals surface area contributed by atoms with Gasteiger partial charge in [-0.15, -0.1) is 0 Å². The number of thiocarbonyl (C=S) groups is 1. The molecule has 3 N–H and O–H groups in total. The molecule has 0 atom stereocenters. The predicted octanol–water partition coefficient (Wildman–Crippen LogP) is 3.01. The van der Waals surface area contributed by atoms with E-state index in [9.17, 15) is 0 Å². The summed E-state index contributed by atoms with van der Waals surface area (Å²) in [6.45, 7) is 8.45. The summed E-state index contributed by atoms with van der Waals surface area (Å²) in [6.07, 6.45) is 2.22. The van der Waals surface area contributed by atoms with Crippen molar-refractivity contribution in [2.45, 2.75) is 46.1 Å². The molecule has 4 heteroatoms. The summed E-state index contributed by atoms with van der Waals surface area (Å²) in [5, 5.41) is 3.43. The minimum absolute atomic E-state index is 0.0308. The van der Waals surface area contributed by atoms with E-state index in [4.69, 9.17) is 18.0 Å². The average Bonchev–Trinajstić information content (AvgIpc) is 2.15. The average molecular weight is 251 g/mol. The van der Waals surface area contributed by atoms with Gasteiger partial charge in [-0.1, -0.05) is 25.6 Å². The molecule has 0 saturated carbocycles. The van der Waals surface area contributed by atoms with Gasteiger partial charge in [-0.3, -0.25) is 0 Å². The van der Waals surface area contributed by atoms with Crippen LogP contribution >= 0.6 is 12.2 Å². The van der Waals surface area contributed by atoms with Crippen LogP contribution in [0.5, 0.6) is 0 Å². The van der Waals surface area contributed by atoms with Crippen LogP contribution in [0.4, 0.5) is 5.82 Å². The van der Waals surface area contributed by atoms with Gasteiger partial charge in [0, 0.05) is 16.8 Å². The molecule has 0 aromatic carbocycles. The van der Waals surface area contributed by atoms with Gasteiger partial charge < -0.3 is 11.1 Å². The molecule has 1 heterocycles. The number of nitrogens with zero attached hydrogens (tertiary/aromatic N) is 1. The van der Waals surface area contributed by atoms with Gasteiger partial charge in [-0.05, 0) is 39.3 Å². The first-order valence-electron chi connectivity index (χ1n) is 5.91. The van der Waals surface area contributed by atoms with Gasteiger partial charge in [0.25, 0.3) is 0 Å². The molecule has 0 fully saturated rings. The molecule has 1 aromatic heterocycles. The molecule has 0 unspecified atom stereocenters. The maximum absolute atomic E-state index is 5.65. The maximum Gasteiger partial charge on any atom is 0.127 e. The van der Waals surface area contributed by atoms with E-state index in [-0.39, 0.29) is 5.54 Å². The molecule has 0 bridgehead atoms. The Kier molecular flexibility index (Phi) is 4.46. The number of nitrogens with one attached hydrogen (secondary N) is 1.